The van der Waals surface area contributed by atoms with E-state index in [-0.39, 0.29) is 12.0 Å². The Morgan fingerprint density at radius 3 is 2.23 bits per heavy atom. The first kappa shape index (κ1) is 21.1. The molecule has 2 N–H and O–H groups in total. The summed E-state index contributed by atoms with van der Waals surface area (Å²) in [5, 5.41) is 6.46. The highest BCUT2D eigenvalue weighted by Gasteiger charge is 2.44. The van der Waals surface area contributed by atoms with Crippen LogP contribution in [0.4, 0.5) is 16.2 Å². The lowest BCUT2D eigenvalue weighted by molar-refractivity contribution is -0.149. The van der Waals surface area contributed by atoms with Crippen LogP contribution in [-0.2, 0) is 14.9 Å². The number of carbonyl (C=O) groups excluding carboxylic acids is 2. The number of benzene rings is 2. The van der Waals surface area contributed by atoms with Crippen molar-refractivity contribution in [3.05, 3.63) is 65.8 Å². The Bertz CT molecular complexity index is 1040. The lowest BCUT2D eigenvalue weighted by Crippen LogP contribution is -2.38. The van der Waals surface area contributed by atoms with Gasteiger partial charge < -0.3 is 15.4 Å². The standard InChI is InChI=1S/C24H25N3O3S/c1-30-22(28)24(14-6-3-7-15-24)21-25-16-20(31-21)17-10-12-19(13-11-17)27-23(29)26-18-8-4-2-5-9-18/h2,4-5,8-13,16H,3,6-7,14-15H2,1H3,(H2,26,27,29). The molecule has 1 saturated carbocycles. The summed E-state index contributed by atoms with van der Waals surface area (Å²) in [6.45, 7) is 0. The third kappa shape index (κ3) is 4.61. The summed E-state index contributed by atoms with van der Waals surface area (Å²) < 4.78 is 5.14. The van der Waals surface area contributed by atoms with E-state index in [0.717, 1.165) is 53.2 Å². The van der Waals surface area contributed by atoms with E-state index in [0.29, 0.717) is 5.69 Å². The number of thiazole rings is 1. The van der Waals surface area contributed by atoms with Crippen LogP contribution in [0.2, 0.25) is 0 Å². The van der Waals surface area contributed by atoms with Gasteiger partial charge in [-0.3, -0.25) is 4.79 Å². The summed E-state index contributed by atoms with van der Waals surface area (Å²) in [4.78, 5) is 30.4. The van der Waals surface area contributed by atoms with Crippen molar-refractivity contribution in [3.8, 4) is 10.4 Å². The summed E-state index contributed by atoms with van der Waals surface area (Å²) in [5.74, 6) is -0.183. The zero-order chi connectivity index (χ0) is 21.7. The highest BCUT2D eigenvalue weighted by atomic mass is 32.1. The van der Waals surface area contributed by atoms with Crippen molar-refractivity contribution in [3.63, 3.8) is 0 Å². The average molecular weight is 436 g/mol. The number of rotatable bonds is 5. The predicted molar refractivity (Wildman–Crippen MR) is 123 cm³/mol. The van der Waals surface area contributed by atoms with Crippen LogP contribution >= 0.6 is 11.3 Å². The van der Waals surface area contributed by atoms with Crippen LogP contribution in [0.1, 0.15) is 37.1 Å². The number of para-hydroxylation sites is 1. The molecule has 1 heterocycles. The molecule has 1 aliphatic rings. The minimum Gasteiger partial charge on any atom is -0.468 e. The molecule has 3 aromatic rings. The quantitative estimate of drug-likeness (QED) is 0.494. The number of urea groups is 1. The number of hydrogen-bond donors (Lipinski definition) is 2. The van der Waals surface area contributed by atoms with Gasteiger partial charge in [-0.15, -0.1) is 11.3 Å². The second-order valence-corrected chi connectivity index (χ2v) is 8.72. The van der Waals surface area contributed by atoms with Gasteiger partial charge in [0.05, 0.1) is 12.0 Å². The molecule has 160 valence electrons. The minimum atomic E-state index is -0.618. The number of methoxy groups -OCH3 is 1. The second kappa shape index (κ2) is 9.31. The SMILES string of the molecule is COC(=O)C1(c2ncc(-c3ccc(NC(=O)Nc4ccccc4)cc3)s2)CCCCC1. The van der Waals surface area contributed by atoms with Gasteiger partial charge in [-0.25, -0.2) is 9.78 Å². The fraction of sp³-hybridized carbons (Fsp3) is 0.292. The molecule has 1 aromatic heterocycles. The number of carbonyl (C=O) groups is 2. The van der Waals surface area contributed by atoms with E-state index in [1.165, 1.54) is 7.11 Å². The third-order valence-electron chi connectivity index (χ3n) is 5.66. The molecule has 0 radical (unpaired) electrons. The molecule has 2 amide bonds. The lowest BCUT2D eigenvalue weighted by atomic mass is 9.74. The third-order valence-corrected chi connectivity index (χ3v) is 6.91. The van der Waals surface area contributed by atoms with Crippen LogP contribution in [0.25, 0.3) is 10.4 Å². The first-order valence-electron chi connectivity index (χ1n) is 10.4. The predicted octanol–water partition coefficient (Wildman–Crippen LogP) is 5.83. The molecule has 4 rings (SSSR count). The molecular formula is C24H25N3O3S. The second-order valence-electron chi connectivity index (χ2n) is 7.69. The smallest absolute Gasteiger partial charge is 0.323 e. The van der Waals surface area contributed by atoms with Crippen molar-refractivity contribution in [1.82, 2.24) is 4.98 Å². The van der Waals surface area contributed by atoms with E-state index in [2.05, 4.69) is 15.6 Å². The molecule has 2 aromatic carbocycles. The Balaban J connectivity index is 1.47. The van der Waals surface area contributed by atoms with E-state index >= 15 is 0 Å². The number of hydrogen-bond acceptors (Lipinski definition) is 5. The molecular weight excluding hydrogens is 410 g/mol. The molecule has 0 atom stereocenters. The van der Waals surface area contributed by atoms with Crippen LogP contribution in [0.5, 0.6) is 0 Å². The molecule has 1 aliphatic carbocycles. The molecule has 0 saturated heterocycles. The molecule has 7 heteroatoms. The van der Waals surface area contributed by atoms with E-state index in [9.17, 15) is 9.59 Å². The summed E-state index contributed by atoms with van der Waals surface area (Å²) in [6.07, 6.45) is 6.55. The lowest BCUT2D eigenvalue weighted by Gasteiger charge is -2.32. The Morgan fingerprint density at radius 2 is 1.58 bits per heavy atom. The normalized spacial score (nSPS) is 15.1. The minimum absolute atomic E-state index is 0.183. The Labute approximate surface area is 185 Å². The van der Waals surface area contributed by atoms with Crippen LogP contribution in [0.15, 0.2) is 60.8 Å². The Hall–Kier alpha value is -3.19. The Morgan fingerprint density at radius 1 is 0.935 bits per heavy atom. The van der Waals surface area contributed by atoms with Gasteiger partial charge in [0.15, 0.2) is 0 Å². The molecule has 0 spiro atoms. The number of aromatic nitrogens is 1. The van der Waals surface area contributed by atoms with Crippen molar-refractivity contribution in [2.24, 2.45) is 0 Å². The first-order chi connectivity index (χ1) is 15.1. The van der Waals surface area contributed by atoms with Crippen molar-refractivity contribution < 1.29 is 14.3 Å². The van der Waals surface area contributed by atoms with Crippen molar-refractivity contribution in [2.45, 2.75) is 37.5 Å². The largest absolute Gasteiger partial charge is 0.468 e. The number of nitrogens with one attached hydrogen (secondary N) is 2. The van der Waals surface area contributed by atoms with E-state index < -0.39 is 5.41 Å². The van der Waals surface area contributed by atoms with Gasteiger partial charge in [0.25, 0.3) is 0 Å². The van der Waals surface area contributed by atoms with Crippen molar-refractivity contribution in [1.29, 1.82) is 0 Å². The Kier molecular flexibility index (Phi) is 6.32. The van der Waals surface area contributed by atoms with E-state index in [4.69, 9.17) is 4.74 Å². The van der Waals surface area contributed by atoms with E-state index in [1.807, 2.05) is 60.8 Å². The molecule has 0 unspecified atom stereocenters. The summed E-state index contributed by atoms with van der Waals surface area (Å²) in [5.41, 5.74) is 1.80. The number of ether oxygens (including phenoxy) is 1. The van der Waals surface area contributed by atoms with Crippen LogP contribution in [0.3, 0.4) is 0 Å². The summed E-state index contributed by atoms with van der Waals surface area (Å²) in [6, 6.07) is 16.6. The summed E-state index contributed by atoms with van der Waals surface area (Å²) >= 11 is 1.54. The van der Waals surface area contributed by atoms with Crippen LogP contribution in [-0.4, -0.2) is 24.1 Å². The summed E-state index contributed by atoms with van der Waals surface area (Å²) in [7, 11) is 1.45. The van der Waals surface area contributed by atoms with Gasteiger partial charge >= 0.3 is 12.0 Å². The van der Waals surface area contributed by atoms with Gasteiger partial charge in [0.1, 0.15) is 10.4 Å². The van der Waals surface area contributed by atoms with Crippen LogP contribution in [0, 0.1) is 0 Å². The number of nitrogens with zero attached hydrogens (tertiary/aromatic N) is 1. The molecule has 1 fully saturated rings. The zero-order valence-electron chi connectivity index (χ0n) is 17.4. The maximum Gasteiger partial charge on any atom is 0.323 e. The van der Waals surface area contributed by atoms with Gasteiger partial charge in [-0.1, -0.05) is 49.6 Å². The maximum atomic E-state index is 12.6. The number of amides is 2. The number of anilines is 2. The van der Waals surface area contributed by atoms with Gasteiger partial charge in [-0.2, -0.15) is 0 Å². The van der Waals surface area contributed by atoms with Gasteiger partial charge in [-0.05, 0) is 42.7 Å². The topological polar surface area (TPSA) is 80.3 Å². The zero-order valence-corrected chi connectivity index (χ0v) is 18.2. The monoisotopic (exact) mass is 435 g/mol. The van der Waals surface area contributed by atoms with Gasteiger partial charge in [0.2, 0.25) is 0 Å². The van der Waals surface area contributed by atoms with Crippen LogP contribution < -0.4 is 10.6 Å². The van der Waals surface area contributed by atoms with E-state index in [1.54, 1.807) is 11.3 Å². The van der Waals surface area contributed by atoms with Crippen molar-refractivity contribution >= 4 is 34.7 Å². The molecule has 0 aliphatic heterocycles. The van der Waals surface area contributed by atoms with Crippen molar-refractivity contribution in [2.75, 3.05) is 17.7 Å². The fourth-order valence-corrected chi connectivity index (χ4v) is 5.17. The molecule has 31 heavy (non-hydrogen) atoms. The van der Waals surface area contributed by atoms with Gasteiger partial charge in [0, 0.05) is 17.6 Å². The number of esters is 1. The average Bonchev–Trinajstić information content (AvgIpc) is 3.31. The highest BCUT2D eigenvalue weighted by molar-refractivity contribution is 7.15. The highest BCUT2D eigenvalue weighted by Crippen LogP contribution is 2.43. The molecule has 0 bridgehead atoms. The fourth-order valence-electron chi connectivity index (χ4n) is 4.02. The first-order valence-corrected chi connectivity index (χ1v) is 11.2. The molecule has 6 nitrogen and oxygen atoms in total. The maximum absolute atomic E-state index is 12.6.